The highest BCUT2D eigenvalue weighted by Crippen LogP contribution is 2.36. The Hall–Kier alpha value is -2.42. The lowest BCUT2D eigenvalue weighted by molar-refractivity contribution is -0.143. The molecule has 0 radical (unpaired) electrons. The Balaban J connectivity index is 2.34. The van der Waals surface area contributed by atoms with Crippen LogP contribution in [0.4, 0.5) is 26.3 Å². The van der Waals surface area contributed by atoms with Crippen molar-refractivity contribution in [3.05, 3.63) is 74.2 Å². The lowest BCUT2D eigenvalue weighted by Crippen LogP contribution is -2.15. The molecule has 166 valence electrons. The Morgan fingerprint density at radius 2 is 1.52 bits per heavy atom. The van der Waals surface area contributed by atoms with Crippen LogP contribution in [0.15, 0.2) is 52.4 Å². The first-order valence-corrected chi connectivity index (χ1v) is 10.2. The van der Waals surface area contributed by atoms with E-state index < -0.39 is 50.3 Å². The maximum absolute atomic E-state index is 12.9. The topological polar surface area (TPSA) is 70.0 Å². The molecule has 0 aliphatic heterocycles. The second-order valence-electron chi connectivity index (χ2n) is 5.99. The standard InChI is InChI=1S/C18H10Cl2F6N2O2S/c19-15-2-1-13(6-16(15)20)31(29,30)14(7-27)9-28-8-10-3-11(17(21,22)23)5-12(4-10)18(24,25)26/h1-6,9,28H,8H2/b14-9+. The van der Waals surface area contributed by atoms with E-state index in [1.807, 2.05) is 0 Å². The van der Waals surface area contributed by atoms with E-state index in [-0.39, 0.29) is 21.0 Å². The predicted octanol–water partition coefficient (Wildman–Crippen LogP) is 5.96. The number of allylic oxidation sites excluding steroid dienone is 1. The van der Waals surface area contributed by atoms with E-state index in [0.29, 0.717) is 18.3 Å². The molecule has 0 fully saturated rings. The van der Waals surface area contributed by atoms with Crippen molar-refractivity contribution >= 4 is 33.0 Å². The van der Waals surface area contributed by atoms with Crippen molar-refractivity contribution in [2.45, 2.75) is 23.8 Å². The predicted molar refractivity (Wildman–Crippen MR) is 101 cm³/mol. The number of hydrogen-bond acceptors (Lipinski definition) is 4. The minimum Gasteiger partial charge on any atom is -0.385 e. The third-order valence-corrected chi connectivity index (χ3v) is 6.19. The molecule has 2 aromatic rings. The van der Waals surface area contributed by atoms with Gasteiger partial charge in [-0.1, -0.05) is 23.2 Å². The number of rotatable bonds is 5. The molecule has 0 saturated heterocycles. The highest BCUT2D eigenvalue weighted by atomic mass is 35.5. The number of sulfone groups is 1. The molecule has 1 N–H and O–H groups in total. The van der Waals surface area contributed by atoms with Crippen LogP contribution in [0.5, 0.6) is 0 Å². The summed E-state index contributed by atoms with van der Waals surface area (Å²) >= 11 is 11.5. The van der Waals surface area contributed by atoms with Crippen LogP contribution in [0.25, 0.3) is 0 Å². The van der Waals surface area contributed by atoms with E-state index in [2.05, 4.69) is 5.32 Å². The zero-order valence-corrected chi connectivity index (χ0v) is 17.3. The van der Waals surface area contributed by atoms with Gasteiger partial charge in [-0.25, -0.2) is 8.42 Å². The van der Waals surface area contributed by atoms with Crippen LogP contribution < -0.4 is 5.32 Å². The normalized spacial score (nSPS) is 13.1. The maximum Gasteiger partial charge on any atom is 0.416 e. The molecule has 4 nitrogen and oxygen atoms in total. The molecule has 0 atom stereocenters. The molecule has 2 rings (SSSR count). The Morgan fingerprint density at radius 1 is 0.968 bits per heavy atom. The van der Waals surface area contributed by atoms with Gasteiger partial charge in [0.15, 0.2) is 4.91 Å². The summed E-state index contributed by atoms with van der Waals surface area (Å²) in [7, 11) is -4.37. The van der Waals surface area contributed by atoms with Crippen molar-refractivity contribution in [2.24, 2.45) is 0 Å². The highest BCUT2D eigenvalue weighted by molar-refractivity contribution is 7.95. The molecular formula is C18H10Cl2F6N2O2S. The van der Waals surface area contributed by atoms with E-state index >= 15 is 0 Å². The number of nitriles is 1. The van der Waals surface area contributed by atoms with Gasteiger partial charge >= 0.3 is 12.4 Å². The van der Waals surface area contributed by atoms with E-state index in [4.69, 9.17) is 28.5 Å². The molecule has 0 saturated carbocycles. The van der Waals surface area contributed by atoms with Crippen molar-refractivity contribution < 1.29 is 34.8 Å². The summed E-state index contributed by atoms with van der Waals surface area (Å²) in [6.07, 6.45) is -9.38. The maximum atomic E-state index is 12.9. The van der Waals surface area contributed by atoms with Gasteiger partial charge in [0, 0.05) is 12.7 Å². The van der Waals surface area contributed by atoms with Gasteiger partial charge in [0.2, 0.25) is 9.84 Å². The fourth-order valence-corrected chi connectivity index (χ4v) is 3.82. The van der Waals surface area contributed by atoms with Gasteiger partial charge in [0.1, 0.15) is 6.07 Å². The number of alkyl halides is 6. The van der Waals surface area contributed by atoms with Crippen molar-refractivity contribution in [2.75, 3.05) is 0 Å². The molecule has 13 heteroatoms. The van der Waals surface area contributed by atoms with Gasteiger partial charge in [-0.2, -0.15) is 31.6 Å². The Kier molecular flexibility index (Phi) is 7.20. The average Bonchev–Trinajstić information content (AvgIpc) is 2.65. The SMILES string of the molecule is N#C/C(=C\NCc1cc(C(F)(F)F)cc(C(F)(F)F)c1)S(=O)(=O)c1ccc(Cl)c(Cl)c1. The molecular weight excluding hydrogens is 493 g/mol. The molecule has 0 unspecified atom stereocenters. The van der Waals surface area contributed by atoms with Crippen molar-refractivity contribution in [3.8, 4) is 6.07 Å². The number of hydrogen-bond donors (Lipinski definition) is 1. The summed E-state index contributed by atoms with van der Waals surface area (Å²) < 4.78 is 102. The van der Waals surface area contributed by atoms with Gasteiger partial charge in [-0.05, 0) is 42.0 Å². The van der Waals surface area contributed by atoms with Crippen LogP contribution in [0.2, 0.25) is 10.0 Å². The third-order valence-electron chi connectivity index (χ3n) is 3.79. The van der Waals surface area contributed by atoms with Crippen LogP contribution in [0.1, 0.15) is 16.7 Å². The Morgan fingerprint density at radius 3 is 1.97 bits per heavy atom. The number of nitrogens with one attached hydrogen (secondary N) is 1. The van der Waals surface area contributed by atoms with E-state index in [1.165, 1.54) is 12.1 Å². The van der Waals surface area contributed by atoms with E-state index in [0.717, 1.165) is 12.1 Å². The van der Waals surface area contributed by atoms with Crippen molar-refractivity contribution in [3.63, 3.8) is 0 Å². The average molecular weight is 503 g/mol. The highest BCUT2D eigenvalue weighted by Gasteiger charge is 2.36. The van der Waals surface area contributed by atoms with Crippen LogP contribution in [-0.4, -0.2) is 8.42 Å². The Labute approximate surface area is 182 Å². The molecule has 0 spiro atoms. The van der Waals surface area contributed by atoms with Crippen molar-refractivity contribution in [1.29, 1.82) is 5.26 Å². The monoisotopic (exact) mass is 502 g/mol. The summed E-state index contributed by atoms with van der Waals surface area (Å²) in [6.45, 7) is -0.616. The zero-order valence-electron chi connectivity index (χ0n) is 14.9. The van der Waals surface area contributed by atoms with Gasteiger partial charge in [-0.3, -0.25) is 0 Å². The molecule has 31 heavy (non-hydrogen) atoms. The number of nitrogens with zero attached hydrogens (tertiary/aromatic N) is 1. The lowest BCUT2D eigenvalue weighted by atomic mass is 10.0. The van der Waals surface area contributed by atoms with Gasteiger partial charge in [0.25, 0.3) is 0 Å². The first kappa shape index (κ1) is 24.8. The van der Waals surface area contributed by atoms with Crippen LogP contribution >= 0.6 is 23.2 Å². The second-order valence-corrected chi connectivity index (χ2v) is 8.73. The smallest absolute Gasteiger partial charge is 0.385 e. The van der Waals surface area contributed by atoms with Crippen LogP contribution in [0.3, 0.4) is 0 Å². The third kappa shape index (κ3) is 6.06. The number of halogens is 8. The van der Waals surface area contributed by atoms with Gasteiger partial charge in [-0.15, -0.1) is 0 Å². The largest absolute Gasteiger partial charge is 0.416 e. The molecule has 0 heterocycles. The minimum absolute atomic E-state index is 0.0330. The minimum atomic E-state index is -5.03. The fourth-order valence-electron chi connectivity index (χ4n) is 2.32. The first-order chi connectivity index (χ1) is 14.2. The van der Waals surface area contributed by atoms with Crippen LogP contribution in [0, 0.1) is 11.3 Å². The molecule has 0 amide bonds. The van der Waals surface area contributed by atoms with Gasteiger partial charge < -0.3 is 5.32 Å². The fraction of sp³-hybridized carbons (Fsp3) is 0.167. The van der Waals surface area contributed by atoms with Crippen LogP contribution in [-0.2, 0) is 28.7 Å². The summed E-state index contributed by atoms with van der Waals surface area (Å²) in [6, 6.07) is 5.59. The quantitative estimate of drug-likeness (QED) is 0.404. The molecule has 0 aliphatic rings. The van der Waals surface area contributed by atoms with E-state index in [9.17, 15) is 34.8 Å². The second kappa shape index (κ2) is 8.98. The molecule has 0 aliphatic carbocycles. The molecule has 2 aromatic carbocycles. The molecule has 0 bridgehead atoms. The molecule has 0 aromatic heterocycles. The Bertz CT molecular complexity index is 1140. The summed E-state index contributed by atoms with van der Waals surface area (Å²) in [5.41, 5.74) is -3.47. The summed E-state index contributed by atoms with van der Waals surface area (Å²) in [5, 5.41) is 11.4. The summed E-state index contributed by atoms with van der Waals surface area (Å²) in [5.74, 6) is 0. The van der Waals surface area contributed by atoms with Crippen molar-refractivity contribution in [1.82, 2.24) is 5.32 Å². The first-order valence-electron chi connectivity index (χ1n) is 7.98. The van der Waals surface area contributed by atoms with Gasteiger partial charge in [0.05, 0.1) is 26.1 Å². The number of benzene rings is 2. The van der Waals surface area contributed by atoms with E-state index in [1.54, 1.807) is 0 Å². The summed E-state index contributed by atoms with van der Waals surface area (Å²) in [4.78, 5) is -1.22. The lowest BCUT2D eigenvalue weighted by Gasteiger charge is -2.14. The zero-order chi connectivity index (χ0) is 23.6.